The van der Waals surface area contributed by atoms with Crippen LogP contribution < -0.4 is 0 Å². The molecule has 57 valence electrons. The van der Waals surface area contributed by atoms with Crippen molar-refractivity contribution in [2.45, 2.75) is 20.5 Å². The zero-order chi connectivity index (χ0) is 10.1. The molecule has 0 atom stereocenters. The van der Waals surface area contributed by atoms with E-state index >= 15 is 0 Å². The normalized spacial score (nSPS) is 8.17. The zero-order valence-electron chi connectivity index (χ0n) is 8.19. The second kappa shape index (κ2) is 11.8. The van der Waals surface area contributed by atoms with Crippen LogP contribution in [0, 0.1) is 0 Å². The molecule has 3 radical (unpaired) electrons. The molecule has 0 N–H and O–H groups in total. The summed E-state index contributed by atoms with van der Waals surface area (Å²) in [5, 5.41) is 1.08. The molecule has 0 spiro atoms. The monoisotopic (exact) mass is 309 g/mol. The van der Waals surface area contributed by atoms with Crippen LogP contribution in [0.2, 0.25) is 20.5 Å². The Morgan fingerprint density at radius 2 is 1.75 bits per heavy atom. The first kappa shape index (κ1) is 17.2. The van der Waals surface area contributed by atoms with Gasteiger partial charge in [-0.05, 0) is 5.23 Å². The van der Waals surface area contributed by atoms with Gasteiger partial charge in [0, 0.05) is 0 Å². The first-order valence-electron chi connectivity index (χ1n) is 4.13. The van der Waals surface area contributed by atoms with Crippen molar-refractivity contribution in [3.63, 3.8) is 0 Å². The Balaban J connectivity index is 0. The Labute approximate surface area is 117 Å². The summed E-state index contributed by atoms with van der Waals surface area (Å²) in [4.78, 5) is 0. The number of hydrogen-bond donors (Lipinski definition) is 0. The van der Waals surface area contributed by atoms with Gasteiger partial charge in [0.15, 0.2) is 0 Å². The van der Waals surface area contributed by atoms with Crippen molar-refractivity contribution < 1.29 is 0 Å². The molecule has 0 saturated carbocycles. The molecule has 0 aliphatic heterocycles. The van der Waals surface area contributed by atoms with E-state index in [9.17, 15) is 0 Å². The van der Waals surface area contributed by atoms with Gasteiger partial charge in [-0.2, -0.15) is 0 Å². The molecule has 0 amide bonds. The third kappa shape index (κ3) is 8.09. The average molecular weight is 311 g/mol. The quantitative estimate of drug-likeness (QED) is 0.541. The maximum absolute atomic E-state index is 3.48. The van der Waals surface area contributed by atoms with E-state index in [2.05, 4.69) is 58.2 Å². The average Bonchev–Trinajstić information content (AvgIpc) is 2.08. The fourth-order valence-corrected chi connectivity index (χ4v) is 2.59. The fourth-order valence-electron chi connectivity index (χ4n) is 1.03. The molecule has 0 aliphatic rings. The van der Waals surface area contributed by atoms with E-state index < -0.39 is 0 Å². The predicted molar refractivity (Wildman–Crippen MR) is 74.8 cm³/mol. The molecule has 0 aromatic heterocycles. The van der Waals surface area contributed by atoms with Crippen LogP contribution in [0.25, 0.3) is 0 Å². The second-order valence-corrected chi connectivity index (χ2v) is 4.26. The Morgan fingerprint density at radius 3 is 1.83 bits per heavy atom. The van der Waals surface area contributed by atoms with Crippen LogP contribution in [0.5, 0.6) is 0 Å². The maximum atomic E-state index is 3.48. The minimum absolute atomic E-state index is 0.680. The molecule has 0 bridgehead atoms. The van der Waals surface area contributed by atoms with Gasteiger partial charge >= 0.3 is 36.1 Å². The Hall–Kier alpha value is 2.75. The molecule has 0 unspecified atom stereocenters. The van der Waals surface area contributed by atoms with Gasteiger partial charge in [-0.3, -0.25) is 5.99 Å². The summed E-state index contributed by atoms with van der Waals surface area (Å²) >= 11 is 10.7. The molecule has 0 aliphatic carbocycles. The van der Waals surface area contributed by atoms with E-state index in [0.29, 0.717) is 6.39 Å². The van der Waals surface area contributed by atoms with Crippen LogP contribution in [0.1, 0.15) is 0 Å². The first-order valence-corrected chi connectivity index (χ1v) is 10.2. The van der Waals surface area contributed by atoms with Crippen LogP contribution in [0.15, 0.2) is 0 Å². The van der Waals surface area contributed by atoms with Gasteiger partial charge in [0.25, 0.3) is 0 Å². The molecular weight excluding hydrogens is 300 g/mol. The topological polar surface area (TPSA) is 0 Å². The van der Waals surface area contributed by atoms with Gasteiger partial charge in [0.1, 0.15) is 0 Å². The van der Waals surface area contributed by atoms with Gasteiger partial charge in [0.2, 0.25) is 0 Å². The van der Waals surface area contributed by atoms with Crippen LogP contribution >= 0.6 is 31.7 Å². The van der Waals surface area contributed by atoms with Crippen molar-refractivity contribution in [2.24, 2.45) is 0 Å². The SMILES string of the molecule is CB(C)B([B-]Br)B(C)CBr.[Mg][Mg+]. The molecule has 8 heteroatoms. The fraction of sp³-hybridized carbons (Fsp3) is 1.00. The molecule has 0 fully saturated rings. The third-order valence-electron chi connectivity index (χ3n) is 1.82. The molecule has 12 heavy (non-hydrogen) atoms. The van der Waals surface area contributed by atoms with E-state index in [-0.39, 0.29) is 0 Å². The first-order chi connectivity index (χ1) is 5.63. The van der Waals surface area contributed by atoms with E-state index in [1.165, 1.54) is 0 Å². The minimum atomic E-state index is 0.680. The van der Waals surface area contributed by atoms with Crippen molar-refractivity contribution in [3.05, 3.63) is 0 Å². The van der Waals surface area contributed by atoms with Crippen molar-refractivity contribution in [1.29, 1.82) is 0 Å². The molecule has 0 aromatic carbocycles. The molecular formula is C4H11B4Br2Mg2. The number of halogens is 2. The van der Waals surface area contributed by atoms with Crippen LogP contribution in [0.4, 0.5) is 0 Å². The summed E-state index contributed by atoms with van der Waals surface area (Å²) in [6.45, 7) is 8.21. The molecule has 0 aromatic rings. The van der Waals surface area contributed by atoms with E-state index in [1.807, 2.05) is 36.1 Å². The molecule has 0 rings (SSSR count). The van der Waals surface area contributed by atoms with Gasteiger partial charge in [-0.25, -0.2) is 0 Å². The summed E-state index contributed by atoms with van der Waals surface area (Å²) in [5.74, 6) is 2.13. The second-order valence-electron chi connectivity index (χ2n) is 3.08. The van der Waals surface area contributed by atoms with Crippen molar-refractivity contribution in [2.75, 3.05) is 5.23 Å². The molecule has 0 nitrogen and oxygen atoms in total. The van der Waals surface area contributed by atoms with Crippen molar-refractivity contribution in [1.82, 2.24) is 0 Å². The summed E-state index contributed by atoms with van der Waals surface area (Å²) in [5.41, 5.74) is 0. The summed E-state index contributed by atoms with van der Waals surface area (Å²) < 4.78 is 0. The Morgan fingerprint density at radius 1 is 1.33 bits per heavy atom. The Bertz CT molecular complexity index is 97.1. The Kier molecular flexibility index (Phi) is 16.9. The van der Waals surface area contributed by atoms with E-state index in [0.717, 1.165) is 18.4 Å². The summed E-state index contributed by atoms with van der Waals surface area (Å²) in [7, 11) is 0. The van der Waals surface area contributed by atoms with Crippen molar-refractivity contribution >= 4 is 93.4 Å². The van der Waals surface area contributed by atoms with Gasteiger partial charge < -0.3 is 15.8 Å². The molecule has 0 heterocycles. The van der Waals surface area contributed by atoms with Gasteiger partial charge in [0.05, 0.1) is 13.2 Å². The van der Waals surface area contributed by atoms with Crippen LogP contribution in [-0.2, 0) is 0 Å². The summed E-state index contributed by atoms with van der Waals surface area (Å²) in [6, 6.07) is 0. The van der Waals surface area contributed by atoms with E-state index in [1.54, 1.807) is 0 Å². The molecule has 0 saturated heterocycles. The van der Waals surface area contributed by atoms with Gasteiger partial charge in [-0.1, -0.05) is 20.5 Å². The predicted octanol–water partition coefficient (Wildman–Crippen LogP) is 1.20. The van der Waals surface area contributed by atoms with Crippen LogP contribution in [-0.4, -0.2) is 66.9 Å². The summed E-state index contributed by atoms with van der Waals surface area (Å²) in [6.07, 6.45) is 0.680. The third-order valence-corrected chi connectivity index (χ3v) is 3.45. The number of alkyl halides is 1. The standard InChI is InChI=1S/C4H11B4Br2.2Mg/c1-6(2)8(5-10)7(3)4-9;;/h4H2,1-3H3;;/q-1;;+1. The zero-order valence-corrected chi connectivity index (χ0v) is 14.2. The van der Waals surface area contributed by atoms with Crippen LogP contribution in [0.3, 0.4) is 0 Å². The van der Waals surface area contributed by atoms with Gasteiger partial charge in [-0.15, -0.1) is 22.3 Å². The number of hydrogen-bond acceptors (Lipinski definition) is 0. The number of rotatable bonds is 4. The van der Waals surface area contributed by atoms with Crippen molar-refractivity contribution in [3.8, 4) is 0 Å². The van der Waals surface area contributed by atoms with E-state index in [4.69, 9.17) is 0 Å².